The highest BCUT2D eigenvalue weighted by molar-refractivity contribution is 5.24. The molecule has 2 heterocycles. The molecule has 0 unspecified atom stereocenters. The topological polar surface area (TPSA) is 36.9 Å². The summed E-state index contributed by atoms with van der Waals surface area (Å²) >= 11 is 0. The number of allylic oxidation sites excluding steroid dienone is 1. The maximum absolute atomic E-state index is 14.2. The maximum Gasteiger partial charge on any atom is 0.269 e. The van der Waals surface area contributed by atoms with Crippen molar-refractivity contribution in [1.29, 1.82) is 0 Å². The Hall–Kier alpha value is -0.560. The van der Waals surface area contributed by atoms with Gasteiger partial charge in [0, 0.05) is 6.42 Å². The van der Waals surface area contributed by atoms with Crippen LogP contribution in [-0.2, 0) is 18.9 Å². The summed E-state index contributed by atoms with van der Waals surface area (Å²) in [5.74, 6) is 0.337. The third kappa shape index (κ3) is 2.45. The van der Waals surface area contributed by atoms with Crippen LogP contribution in [-0.4, -0.2) is 38.5 Å². The summed E-state index contributed by atoms with van der Waals surface area (Å²) in [5, 5.41) is 0. The van der Waals surface area contributed by atoms with Gasteiger partial charge in [-0.2, -0.15) is 8.78 Å². The first-order valence-electron chi connectivity index (χ1n) is 12.1. The molecule has 30 heavy (non-hydrogen) atoms. The molecule has 0 aromatic rings. The van der Waals surface area contributed by atoms with E-state index in [0.717, 1.165) is 51.4 Å². The number of fused-ring (bicyclic) bond motifs is 4. The highest BCUT2D eigenvalue weighted by Crippen LogP contribution is 2.72. The summed E-state index contributed by atoms with van der Waals surface area (Å²) in [6.07, 6.45) is 6.76. The maximum atomic E-state index is 14.2. The van der Waals surface area contributed by atoms with Crippen LogP contribution in [0.15, 0.2) is 11.7 Å². The molecular weight excluding hydrogens is 390 g/mol. The molecule has 0 N–H and O–H groups in total. The minimum absolute atomic E-state index is 0.0172. The standard InChI is InChI=1S/C24H34F2O4/c1-22-7-3-2-4-17(22)16(20(25)26)14-15-18(22)5-8-23-19(15)6-9-24(23)29-12-10-27-21(23)28-11-13-30-24/h15,17-19,21H,2-14H2,1H3/t15-,17-,18+,19+,21?,22+,23+,24?/m1/s1. The average molecular weight is 425 g/mol. The lowest BCUT2D eigenvalue weighted by molar-refractivity contribution is -0.318. The van der Waals surface area contributed by atoms with Crippen LogP contribution in [0.3, 0.4) is 0 Å². The Balaban J connectivity index is 1.45. The van der Waals surface area contributed by atoms with E-state index in [9.17, 15) is 8.78 Å². The Labute approximate surface area is 177 Å². The number of hydrogen-bond acceptors (Lipinski definition) is 4. The molecule has 6 atom stereocenters. The number of hydrogen-bond donors (Lipinski definition) is 0. The molecular formula is C24H34F2O4. The molecule has 2 aliphatic heterocycles. The average Bonchev–Trinajstić information content (AvgIpc) is 2.91. The second-order valence-electron chi connectivity index (χ2n) is 10.8. The Kier molecular flexibility index (Phi) is 4.66. The zero-order valence-corrected chi connectivity index (χ0v) is 18.0. The molecule has 0 aromatic heterocycles. The van der Waals surface area contributed by atoms with Crippen molar-refractivity contribution in [1.82, 2.24) is 0 Å². The van der Waals surface area contributed by atoms with E-state index in [1.807, 2.05) is 0 Å². The molecule has 6 aliphatic rings. The van der Waals surface area contributed by atoms with E-state index < -0.39 is 11.9 Å². The summed E-state index contributed by atoms with van der Waals surface area (Å²) in [4.78, 5) is 0. The quantitative estimate of drug-likeness (QED) is 0.530. The largest absolute Gasteiger partial charge is 0.349 e. The Morgan fingerprint density at radius 2 is 1.60 bits per heavy atom. The van der Waals surface area contributed by atoms with E-state index >= 15 is 0 Å². The molecule has 6 heteroatoms. The first-order chi connectivity index (χ1) is 14.5. The predicted octanol–water partition coefficient (Wildman–Crippen LogP) is 5.28. The fourth-order valence-corrected chi connectivity index (χ4v) is 9.06. The van der Waals surface area contributed by atoms with E-state index in [1.165, 1.54) is 0 Å². The zero-order chi connectivity index (χ0) is 20.6. The Bertz CT molecular complexity index is 725. The monoisotopic (exact) mass is 424 g/mol. The molecule has 4 saturated carbocycles. The van der Waals surface area contributed by atoms with Gasteiger partial charge in [0.25, 0.3) is 6.08 Å². The summed E-state index contributed by atoms with van der Waals surface area (Å²) < 4.78 is 53.8. The second kappa shape index (κ2) is 6.97. The van der Waals surface area contributed by atoms with Crippen molar-refractivity contribution in [3.8, 4) is 0 Å². The number of halogens is 2. The van der Waals surface area contributed by atoms with Crippen molar-refractivity contribution >= 4 is 0 Å². The molecule has 0 radical (unpaired) electrons. The predicted molar refractivity (Wildman–Crippen MR) is 106 cm³/mol. The van der Waals surface area contributed by atoms with Crippen molar-refractivity contribution in [2.75, 3.05) is 26.4 Å². The first kappa shape index (κ1) is 20.1. The fourth-order valence-electron chi connectivity index (χ4n) is 9.06. The highest BCUT2D eigenvalue weighted by Gasteiger charge is 2.73. The summed E-state index contributed by atoms with van der Waals surface area (Å²) in [5.41, 5.74) is 0.0600. The third-order valence-corrected chi connectivity index (χ3v) is 10.1. The van der Waals surface area contributed by atoms with E-state index in [2.05, 4.69) is 6.92 Å². The fraction of sp³-hybridized carbons (Fsp3) is 0.917. The lowest BCUT2D eigenvalue weighted by atomic mass is 9.44. The van der Waals surface area contributed by atoms with Crippen LogP contribution in [0.4, 0.5) is 8.78 Å². The van der Waals surface area contributed by atoms with E-state index in [1.54, 1.807) is 0 Å². The van der Waals surface area contributed by atoms with Crippen LogP contribution in [0.1, 0.15) is 64.7 Å². The lowest BCUT2D eigenvalue weighted by Crippen LogP contribution is -2.62. The second-order valence-corrected chi connectivity index (χ2v) is 10.8. The SMILES string of the molecule is C[C@]12CCCC[C@@H]1C(=C(F)F)C[C@@H]1[C@@H]2CC[C@]23C4OCCOC2(CC[C@@H]13)OCCO4. The van der Waals surface area contributed by atoms with Gasteiger partial charge in [0.1, 0.15) is 0 Å². The van der Waals surface area contributed by atoms with Gasteiger partial charge in [0.2, 0.25) is 0 Å². The van der Waals surface area contributed by atoms with Gasteiger partial charge >= 0.3 is 0 Å². The van der Waals surface area contributed by atoms with Crippen molar-refractivity contribution in [3.05, 3.63) is 11.7 Å². The summed E-state index contributed by atoms with van der Waals surface area (Å²) in [6.45, 7) is 4.34. The normalized spacial score (nSPS) is 52.9. The van der Waals surface area contributed by atoms with Gasteiger partial charge in [-0.25, -0.2) is 0 Å². The van der Waals surface area contributed by atoms with E-state index in [0.29, 0.717) is 44.3 Å². The van der Waals surface area contributed by atoms with Crippen LogP contribution in [0.25, 0.3) is 0 Å². The molecule has 6 rings (SSSR count). The molecule has 168 valence electrons. The van der Waals surface area contributed by atoms with Gasteiger partial charge in [-0.1, -0.05) is 19.8 Å². The third-order valence-electron chi connectivity index (χ3n) is 10.1. The van der Waals surface area contributed by atoms with E-state index in [4.69, 9.17) is 18.9 Å². The van der Waals surface area contributed by atoms with Gasteiger partial charge in [-0.15, -0.1) is 0 Å². The van der Waals surface area contributed by atoms with Gasteiger partial charge in [-0.05, 0) is 73.2 Å². The smallest absolute Gasteiger partial charge is 0.269 e. The van der Waals surface area contributed by atoms with Gasteiger partial charge in [-0.3, -0.25) is 0 Å². The Morgan fingerprint density at radius 3 is 2.33 bits per heavy atom. The molecule has 6 fully saturated rings. The molecule has 4 nitrogen and oxygen atoms in total. The molecule has 2 saturated heterocycles. The van der Waals surface area contributed by atoms with Gasteiger partial charge < -0.3 is 18.9 Å². The highest BCUT2D eigenvalue weighted by atomic mass is 19.3. The lowest BCUT2D eigenvalue weighted by Gasteiger charge is -2.62. The number of ether oxygens (including phenoxy) is 4. The van der Waals surface area contributed by atoms with Crippen LogP contribution < -0.4 is 0 Å². The zero-order valence-electron chi connectivity index (χ0n) is 18.0. The van der Waals surface area contributed by atoms with Crippen molar-refractivity contribution < 1.29 is 27.7 Å². The van der Waals surface area contributed by atoms with Gasteiger partial charge in [0.05, 0.1) is 31.8 Å². The van der Waals surface area contributed by atoms with Crippen LogP contribution >= 0.6 is 0 Å². The minimum atomic E-state index is -1.42. The first-order valence-corrected chi connectivity index (χ1v) is 12.1. The van der Waals surface area contributed by atoms with Crippen molar-refractivity contribution in [2.24, 2.45) is 34.5 Å². The molecule has 1 spiro atoms. The molecule has 2 bridgehead atoms. The number of rotatable bonds is 0. The van der Waals surface area contributed by atoms with Crippen LogP contribution in [0.5, 0.6) is 0 Å². The molecule has 0 aromatic carbocycles. The van der Waals surface area contributed by atoms with Crippen LogP contribution in [0, 0.1) is 34.5 Å². The molecule has 0 amide bonds. The summed E-state index contributed by atoms with van der Waals surface area (Å²) in [6, 6.07) is 0. The Morgan fingerprint density at radius 1 is 0.867 bits per heavy atom. The van der Waals surface area contributed by atoms with Crippen LogP contribution in [0.2, 0.25) is 0 Å². The molecule has 4 aliphatic carbocycles. The van der Waals surface area contributed by atoms with Crippen molar-refractivity contribution in [2.45, 2.75) is 76.8 Å². The van der Waals surface area contributed by atoms with E-state index in [-0.39, 0.29) is 34.9 Å². The summed E-state index contributed by atoms with van der Waals surface area (Å²) in [7, 11) is 0. The van der Waals surface area contributed by atoms with Crippen molar-refractivity contribution in [3.63, 3.8) is 0 Å². The minimum Gasteiger partial charge on any atom is -0.349 e. The van der Waals surface area contributed by atoms with Gasteiger partial charge in [0.15, 0.2) is 12.1 Å².